The molecule has 1 aromatic rings. The summed E-state index contributed by atoms with van der Waals surface area (Å²) in [6.07, 6.45) is -0.203. The van der Waals surface area contributed by atoms with E-state index in [0.29, 0.717) is 11.4 Å². The van der Waals surface area contributed by atoms with Crippen molar-refractivity contribution in [2.24, 2.45) is 0 Å². The van der Waals surface area contributed by atoms with Crippen LogP contribution in [0.15, 0.2) is 24.3 Å². The first-order chi connectivity index (χ1) is 8.13. The Balaban J connectivity index is 2.49. The minimum absolute atomic E-state index is 0.101. The number of rotatable bonds is 0. The van der Waals surface area contributed by atoms with E-state index in [9.17, 15) is 9.59 Å². The highest BCUT2D eigenvalue weighted by Crippen LogP contribution is 2.31. The lowest BCUT2D eigenvalue weighted by Gasteiger charge is -2.25. The van der Waals surface area contributed by atoms with Gasteiger partial charge in [0.05, 0.1) is 18.5 Å². The first-order valence-corrected chi connectivity index (χ1v) is 5.39. The van der Waals surface area contributed by atoms with Crippen LogP contribution in [-0.4, -0.2) is 25.2 Å². The number of amides is 2. The number of nitrogens with one attached hydrogen (secondary N) is 1. The van der Waals surface area contributed by atoms with Gasteiger partial charge < -0.3 is 10.1 Å². The van der Waals surface area contributed by atoms with Crippen LogP contribution in [0.1, 0.15) is 13.3 Å². The fourth-order valence-electron chi connectivity index (χ4n) is 1.96. The van der Waals surface area contributed by atoms with Crippen LogP contribution >= 0.6 is 0 Å². The molecule has 2 amide bonds. The second-order valence-corrected chi connectivity index (χ2v) is 3.96. The molecule has 1 unspecified atom stereocenters. The van der Waals surface area contributed by atoms with E-state index in [1.807, 2.05) is 19.1 Å². The number of anilines is 2. The molecule has 5 heteroatoms. The maximum absolute atomic E-state index is 11.8. The van der Waals surface area contributed by atoms with Gasteiger partial charge in [-0.1, -0.05) is 12.1 Å². The molecule has 1 aliphatic rings. The smallest absolute Gasteiger partial charge is 0.414 e. The monoisotopic (exact) mass is 234 g/mol. The summed E-state index contributed by atoms with van der Waals surface area (Å²) in [5.41, 5.74) is 1.30. The molecule has 17 heavy (non-hydrogen) atoms. The molecule has 0 spiro atoms. The molecule has 1 aromatic carbocycles. The van der Waals surface area contributed by atoms with E-state index in [4.69, 9.17) is 4.74 Å². The molecule has 0 bridgehead atoms. The van der Waals surface area contributed by atoms with Gasteiger partial charge in [-0.05, 0) is 19.1 Å². The minimum atomic E-state index is -0.457. The Kier molecular flexibility index (Phi) is 2.99. The number of nitrogens with zero attached hydrogens (tertiary/aromatic N) is 1. The van der Waals surface area contributed by atoms with Crippen LogP contribution in [0, 0.1) is 0 Å². The Labute approximate surface area is 99.4 Å². The molecule has 0 radical (unpaired) electrons. The lowest BCUT2D eigenvalue weighted by Crippen LogP contribution is -2.38. The van der Waals surface area contributed by atoms with Crippen LogP contribution in [0.2, 0.25) is 0 Å². The molecule has 5 nitrogen and oxygen atoms in total. The van der Waals surface area contributed by atoms with Crippen molar-refractivity contribution < 1.29 is 14.3 Å². The zero-order valence-electron chi connectivity index (χ0n) is 9.77. The van der Waals surface area contributed by atoms with Crippen LogP contribution in [0.25, 0.3) is 0 Å². The van der Waals surface area contributed by atoms with Gasteiger partial charge in [-0.25, -0.2) is 4.79 Å². The van der Waals surface area contributed by atoms with E-state index >= 15 is 0 Å². The Hall–Kier alpha value is -2.04. The molecular formula is C12H14N2O3. The zero-order chi connectivity index (χ0) is 12.4. The van der Waals surface area contributed by atoms with E-state index in [0.717, 1.165) is 0 Å². The molecule has 2 rings (SSSR count). The molecule has 1 N–H and O–H groups in total. The number of carbonyl (C=O) groups is 2. The zero-order valence-corrected chi connectivity index (χ0v) is 9.77. The maximum Gasteiger partial charge on any atom is 0.414 e. The average molecular weight is 234 g/mol. The molecule has 90 valence electrons. The predicted octanol–water partition coefficient (Wildman–Crippen LogP) is 1.99. The van der Waals surface area contributed by atoms with Crippen LogP contribution in [0.5, 0.6) is 0 Å². The second kappa shape index (κ2) is 4.45. The largest absolute Gasteiger partial charge is 0.452 e. The summed E-state index contributed by atoms with van der Waals surface area (Å²) in [6.45, 7) is 1.82. The molecule has 0 aromatic heterocycles. The Morgan fingerprint density at radius 2 is 2.18 bits per heavy atom. The van der Waals surface area contributed by atoms with Crippen molar-refractivity contribution in [3.8, 4) is 0 Å². The summed E-state index contributed by atoms with van der Waals surface area (Å²) in [6, 6.07) is 6.95. The van der Waals surface area contributed by atoms with Crippen LogP contribution in [-0.2, 0) is 9.53 Å². The lowest BCUT2D eigenvalue weighted by molar-refractivity contribution is -0.116. The third kappa shape index (κ3) is 2.08. The Bertz CT molecular complexity index is 459. The highest BCUT2D eigenvalue weighted by molar-refractivity contribution is 6.02. The van der Waals surface area contributed by atoms with E-state index in [1.54, 1.807) is 12.1 Å². The van der Waals surface area contributed by atoms with Gasteiger partial charge in [-0.15, -0.1) is 0 Å². The fourth-order valence-corrected chi connectivity index (χ4v) is 1.96. The number of para-hydroxylation sites is 2. The van der Waals surface area contributed by atoms with Gasteiger partial charge in [0.15, 0.2) is 0 Å². The van der Waals surface area contributed by atoms with Crippen molar-refractivity contribution >= 4 is 23.4 Å². The van der Waals surface area contributed by atoms with Crippen molar-refractivity contribution in [1.82, 2.24) is 0 Å². The number of benzene rings is 1. The third-order valence-corrected chi connectivity index (χ3v) is 2.73. The normalized spacial score (nSPS) is 19.1. The van der Waals surface area contributed by atoms with Crippen LogP contribution < -0.4 is 10.2 Å². The SMILES string of the molecule is COC(=O)N1c2ccccc2NC(=O)CC1C. The summed E-state index contributed by atoms with van der Waals surface area (Å²) in [5.74, 6) is -0.101. The van der Waals surface area contributed by atoms with Crippen molar-refractivity contribution in [2.45, 2.75) is 19.4 Å². The number of hydrogen-bond donors (Lipinski definition) is 1. The van der Waals surface area contributed by atoms with E-state index < -0.39 is 6.09 Å². The summed E-state index contributed by atoms with van der Waals surface area (Å²) in [4.78, 5) is 24.9. The van der Waals surface area contributed by atoms with Gasteiger partial charge in [0, 0.05) is 12.5 Å². The Morgan fingerprint density at radius 1 is 1.47 bits per heavy atom. The molecule has 1 heterocycles. The van der Waals surface area contributed by atoms with Crippen LogP contribution in [0.4, 0.5) is 16.2 Å². The van der Waals surface area contributed by atoms with E-state index in [-0.39, 0.29) is 18.4 Å². The predicted molar refractivity (Wildman–Crippen MR) is 64.0 cm³/mol. The molecule has 0 saturated carbocycles. The summed E-state index contributed by atoms with van der Waals surface area (Å²) >= 11 is 0. The van der Waals surface area contributed by atoms with E-state index in [2.05, 4.69) is 5.32 Å². The highest BCUT2D eigenvalue weighted by atomic mass is 16.5. The van der Waals surface area contributed by atoms with Gasteiger partial charge in [0.1, 0.15) is 0 Å². The molecular weight excluding hydrogens is 220 g/mol. The average Bonchev–Trinajstić information content (AvgIpc) is 2.42. The fraction of sp³-hybridized carbons (Fsp3) is 0.333. The number of methoxy groups -OCH3 is 1. The molecule has 0 fully saturated rings. The minimum Gasteiger partial charge on any atom is -0.452 e. The number of carbonyl (C=O) groups excluding carboxylic acids is 2. The van der Waals surface area contributed by atoms with Crippen molar-refractivity contribution in [1.29, 1.82) is 0 Å². The quantitative estimate of drug-likeness (QED) is 0.746. The number of ether oxygens (including phenoxy) is 1. The number of hydrogen-bond acceptors (Lipinski definition) is 3. The van der Waals surface area contributed by atoms with Crippen molar-refractivity contribution in [3.63, 3.8) is 0 Å². The molecule has 1 atom stereocenters. The highest BCUT2D eigenvalue weighted by Gasteiger charge is 2.29. The first kappa shape index (κ1) is 11.4. The summed E-state index contributed by atoms with van der Waals surface area (Å²) in [5, 5.41) is 2.77. The van der Waals surface area contributed by atoms with Gasteiger partial charge >= 0.3 is 6.09 Å². The molecule has 1 aliphatic heterocycles. The van der Waals surface area contributed by atoms with Gasteiger partial charge in [0.25, 0.3) is 0 Å². The van der Waals surface area contributed by atoms with Gasteiger partial charge in [0.2, 0.25) is 5.91 Å². The second-order valence-electron chi connectivity index (χ2n) is 3.96. The Morgan fingerprint density at radius 3 is 2.88 bits per heavy atom. The first-order valence-electron chi connectivity index (χ1n) is 5.39. The summed E-state index contributed by atoms with van der Waals surface area (Å²) in [7, 11) is 1.33. The summed E-state index contributed by atoms with van der Waals surface area (Å²) < 4.78 is 4.76. The maximum atomic E-state index is 11.8. The molecule has 0 aliphatic carbocycles. The van der Waals surface area contributed by atoms with Gasteiger partial charge in [-0.2, -0.15) is 0 Å². The number of fused-ring (bicyclic) bond motifs is 1. The molecule has 0 saturated heterocycles. The van der Waals surface area contributed by atoms with Crippen LogP contribution in [0.3, 0.4) is 0 Å². The van der Waals surface area contributed by atoms with Crippen molar-refractivity contribution in [2.75, 3.05) is 17.3 Å². The van der Waals surface area contributed by atoms with E-state index in [1.165, 1.54) is 12.0 Å². The van der Waals surface area contributed by atoms with Gasteiger partial charge in [-0.3, -0.25) is 9.69 Å². The van der Waals surface area contributed by atoms with Crippen molar-refractivity contribution in [3.05, 3.63) is 24.3 Å². The lowest BCUT2D eigenvalue weighted by atomic mass is 10.2. The topological polar surface area (TPSA) is 58.6 Å². The standard InChI is InChI=1S/C12H14N2O3/c1-8-7-11(15)13-9-5-3-4-6-10(9)14(8)12(16)17-2/h3-6,8H,7H2,1-2H3,(H,13,15). The third-order valence-electron chi connectivity index (χ3n) is 2.73.